The van der Waals surface area contributed by atoms with Crippen molar-refractivity contribution in [3.05, 3.63) is 52.7 Å². The average Bonchev–Trinajstić information content (AvgIpc) is 3.12. The predicted molar refractivity (Wildman–Crippen MR) is 95.0 cm³/mol. The van der Waals surface area contributed by atoms with Gasteiger partial charge in [-0.05, 0) is 40.9 Å². The summed E-state index contributed by atoms with van der Waals surface area (Å²) in [5, 5.41) is 19.2. The van der Waals surface area contributed by atoms with E-state index in [9.17, 15) is 9.90 Å². The number of thiophene rings is 1. The smallest absolute Gasteiger partial charge is 0.314 e. The van der Waals surface area contributed by atoms with E-state index < -0.39 is 6.10 Å². The van der Waals surface area contributed by atoms with E-state index in [1.165, 1.54) is 11.3 Å². The highest BCUT2D eigenvalue weighted by Crippen LogP contribution is 2.15. The van der Waals surface area contributed by atoms with Gasteiger partial charge in [0.1, 0.15) is 0 Å². The van der Waals surface area contributed by atoms with E-state index in [2.05, 4.69) is 27.7 Å². The van der Waals surface area contributed by atoms with Crippen LogP contribution in [0.5, 0.6) is 0 Å². The summed E-state index contributed by atoms with van der Waals surface area (Å²) in [5.41, 5.74) is 2.00. The van der Waals surface area contributed by atoms with Crippen LogP contribution < -0.4 is 15.5 Å². The summed E-state index contributed by atoms with van der Waals surface area (Å²) >= 11 is 1.53. The first kappa shape index (κ1) is 17.3. The molecular weight excluding hydrogens is 310 g/mol. The molecule has 2 rings (SSSR count). The Hall–Kier alpha value is -2.05. The lowest BCUT2D eigenvalue weighted by Gasteiger charge is -2.19. The van der Waals surface area contributed by atoms with E-state index >= 15 is 0 Å². The van der Waals surface area contributed by atoms with Crippen LogP contribution in [-0.4, -0.2) is 37.8 Å². The number of aliphatic hydroxyl groups is 1. The van der Waals surface area contributed by atoms with Crippen LogP contribution in [0.3, 0.4) is 0 Å². The van der Waals surface area contributed by atoms with Crippen molar-refractivity contribution in [2.75, 3.05) is 31.6 Å². The van der Waals surface area contributed by atoms with Crippen LogP contribution in [0.1, 0.15) is 18.1 Å². The van der Waals surface area contributed by atoms with E-state index in [0.717, 1.165) is 24.2 Å². The summed E-state index contributed by atoms with van der Waals surface area (Å²) < 4.78 is 0. The molecule has 3 N–H and O–H groups in total. The maximum absolute atomic E-state index is 11.7. The molecule has 0 saturated carbocycles. The van der Waals surface area contributed by atoms with Crippen LogP contribution in [0, 0.1) is 0 Å². The molecule has 0 saturated heterocycles. The number of para-hydroxylation sites is 1. The molecule has 0 fully saturated rings. The van der Waals surface area contributed by atoms with Crippen molar-refractivity contribution in [2.45, 2.75) is 12.5 Å². The zero-order valence-corrected chi connectivity index (χ0v) is 14.1. The second kappa shape index (κ2) is 9.17. The molecule has 2 amide bonds. The number of rotatable bonds is 8. The molecule has 2 aromatic rings. The Balaban J connectivity index is 1.58. The molecule has 1 heterocycles. The topological polar surface area (TPSA) is 64.6 Å². The summed E-state index contributed by atoms with van der Waals surface area (Å²) in [5.74, 6) is 0. The second-order valence-corrected chi connectivity index (χ2v) is 6.10. The lowest BCUT2D eigenvalue weighted by atomic mass is 10.2. The molecule has 6 heteroatoms. The Morgan fingerprint density at radius 1 is 1.26 bits per heavy atom. The van der Waals surface area contributed by atoms with Crippen LogP contribution in [0.25, 0.3) is 0 Å². The number of hydrogen-bond donors (Lipinski definition) is 3. The Morgan fingerprint density at radius 3 is 2.74 bits per heavy atom. The minimum Gasteiger partial charge on any atom is -0.387 e. The average molecular weight is 333 g/mol. The minimum absolute atomic E-state index is 0.215. The third-order valence-electron chi connectivity index (χ3n) is 3.54. The normalized spacial score (nSPS) is 11.7. The third kappa shape index (κ3) is 5.92. The molecule has 0 bridgehead atoms. The van der Waals surface area contributed by atoms with E-state index in [-0.39, 0.29) is 12.6 Å². The zero-order chi connectivity index (χ0) is 16.5. The molecule has 0 radical (unpaired) electrons. The number of aliphatic hydroxyl groups excluding tert-OH is 1. The number of benzene rings is 1. The quantitative estimate of drug-likeness (QED) is 0.651. The molecular formula is C17H23N3O2S. The highest BCUT2D eigenvalue weighted by atomic mass is 32.1. The molecule has 0 aliphatic rings. The Labute approximate surface area is 140 Å². The molecule has 1 atom stereocenters. The van der Waals surface area contributed by atoms with Gasteiger partial charge in [0.25, 0.3) is 0 Å². The van der Waals surface area contributed by atoms with Gasteiger partial charge in [-0.2, -0.15) is 11.3 Å². The van der Waals surface area contributed by atoms with Crippen molar-refractivity contribution < 1.29 is 9.90 Å². The van der Waals surface area contributed by atoms with Gasteiger partial charge < -0.3 is 20.6 Å². The number of amides is 2. The van der Waals surface area contributed by atoms with Gasteiger partial charge in [0.15, 0.2) is 0 Å². The maximum Gasteiger partial charge on any atom is 0.314 e. The van der Waals surface area contributed by atoms with Crippen molar-refractivity contribution in [3.63, 3.8) is 0 Å². The van der Waals surface area contributed by atoms with E-state index in [0.29, 0.717) is 6.54 Å². The van der Waals surface area contributed by atoms with Gasteiger partial charge in [-0.15, -0.1) is 0 Å². The molecule has 1 unspecified atom stereocenters. The maximum atomic E-state index is 11.7. The predicted octanol–water partition coefficient (Wildman–Crippen LogP) is 2.61. The summed E-state index contributed by atoms with van der Waals surface area (Å²) in [6, 6.07) is 11.7. The van der Waals surface area contributed by atoms with Gasteiger partial charge in [-0.1, -0.05) is 18.2 Å². The molecule has 0 aliphatic carbocycles. The van der Waals surface area contributed by atoms with Gasteiger partial charge in [-0.3, -0.25) is 0 Å². The Bertz CT molecular complexity index is 575. The molecule has 1 aromatic carbocycles. The van der Waals surface area contributed by atoms with Gasteiger partial charge in [0.05, 0.1) is 6.10 Å². The largest absolute Gasteiger partial charge is 0.387 e. The molecule has 0 spiro atoms. The fourth-order valence-corrected chi connectivity index (χ4v) is 2.87. The SMILES string of the molecule is CN(CCCNC(=O)NCC(O)c1ccsc1)c1ccccc1. The number of carbonyl (C=O) groups is 1. The number of anilines is 1. The first-order valence-electron chi connectivity index (χ1n) is 7.65. The van der Waals surface area contributed by atoms with Crippen molar-refractivity contribution in [1.29, 1.82) is 0 Å². The van der Waals surface area contributed by atoms with Gasteiger partial charge in [-0.25, -0.2) is 4.79 Å². The molecule has 5 nitrogen and oxygen atoms in total. The van der Waals surface area contributed by atoms with Crippen LogP contribution >= 0.6 is 11.3 Å². The van der Waals surface area contributed by atoms with E-state index in [1.807, 2.05) is 42.1 Å². The van der Waals surface area contributed by atoms with Crippen LogP contribution in [0.15, 0.2) is 47.2 Å². The summed E-state index contributed by atoms with van der Waals surface area (Å²) in [7, 11) is 2.03. The Morgan fingerprint density at radius 2 is 2.04 bits per heavy atom. The summed E-state index contributed by atoms with van der Waals surface area (Å²) in [6.45, 7) is 1.67. The second-order valence-electron chi connectivity index (χ2n) is 5.32. The fraction of sp³-hybridized carbons (Fsp3) is 0.353. The van der Waals surface area contributed by atoms with Crippen LogP contribution in [0.4, 0.5) is 10.5 Å². The van der Waals surface area contributed by atoms with Crippen molar-refractivity contribution >= 4 is 23.1 Å². The lowest BCUT2D eigenvalue weighted by Crippen LogP contribution is -2.38. The molecule has 1 aromatic heterocycles. The Kier molecular flexibility index (Phi) is 6.90. The third-order valence-corrected chi connectivity index (χ3v) is 4.24. The van der Waals surface area contributed by atoms with Gasteiger partial charge in [0, 0.05) is 32.4 Å². The molecule has 0 aliphatic heterocycles. The van der Waals surface area contributed by atoms with Crippen molar-refractivity contribution in [2.24, 2.45) is 0 Å². The first-order chi connectivity index (χ1) is 11.2. The van der Waals surface area contributed by atoms with Crippen molar-refractivity contribution in [3.8, 4) is 0 Å². The molecule has 23 heavy (non-hydrogen) atoms. The van der Waals surface area contributed by atoms with Crippen LogP contribution in [0.2, 0.25) is 0 Å². The van der Waals surface area contributed by atoms with Crippen molar-refractivity contribution in [1.82, 2.24) is 10.6 Å². The summed E-state index contributed by atoms with van der Waals surface area (Å²) in [4.78, 5) is 13.8. The standard InChI is InChI=1S/C17H23N3O2S/c1-20(15-6-3-2-4-7-15)10-5-9-18-17(22)19-12-16(21)14-8-11-23-13-14/h2-4,6-8,11,13,16,21H,5,9-10,12H2,1H3,(H2,18,19,22). The zero-order valence-electron chi connectivity index (χ0n) is 13.2. The summed E-state index contributed by atoms with van der Waals surface area (Å²) in [6.07, 6.45) is 0.197. The monoisotopic (exact) mass is 333 g/mol. The minimum atomic E-state index is -0.656. The van der Waals surface area contributed by atoms with Gasteiger partial charge in [0.2, 0.25) is 0 Å². The fourth-order valence-electron chi connectivity index (χ4n) is 2.16. The number of nitrogens with zero attached hydrogens (tertiary/aromatic N) is 1. The highest BCUT2D eigenvalue weighted by molar-refractivity contribution is 7.07. The number of carbonyl (C=O) groups excluding carboxylic acids is 1. The van der Waals surface area contributed by atoms with Gasteiger partial charge >= 0.3 is 6.03 Å². The molecule has 124 valence electrons. The van der Waals surface area contributed by atoms with Crippen LogP contribution in [-0.2, 0) is 0 Å². The highest BCUT2D eigenvalue weighted by Gasteiger charge is 2.09. The van der Waals surface area contributed by atoms with E-state index in [1.54, 1.807) is 0 Å². The number of nitrogens with one attached hydrogen (secondary N) is 2. The lowest BCUT2D eigenvalue weighted by molar-refractivity contribution is 0.173. The van der Waals surface area contributed by atoms with E-state index in [4.69, 9.17) is 0 Å². The number of urea groups is 1. The number of hydrogen-bond acceptors (Lipinski definition) is 4. The first-order valence-corrected chi connectivity index (χ1v) is 8.59.